The molecule has 0 bridgehead atoms. The highest BCUT2D eigenvalue weighted by Gasteiger charge is 2.22. The van der Waals surface area contributed by atoms with Gasteiger partial charge >= 0.3 is 5.97 Å². The first-order chi connectivity index (χ1) is 8.02. The molecule has 0 unspecified atom stereocenters. The van der Waals surface area contributed by atoms with E-state index in [1.54, 1.807) is 13.8 Å². The summed E-state index contributed by atoms with van der Waals surface area (Å²) in [6.45, 7) is 3.43. The van der Waals surface area contributed by atoms with Crippen molar-refractivity contribution in [3.63, 3.8) is 0 Å². The Morgan fingerprint density at radius 1 is 1.22 bits per heavy atom. The number of aliphatic carboxylic acids is 1. The molecule has 106 valence electrons. The van der Waals surface area contributed by atoms with E-state index in [0.29, 0.717) is 0 Å². The molecule has 0 aromatic carbocycles. The van der Waals surface area contributed by atoms with Gasteiger partial charge in [-0.1, -0.05) is 0 Å². The molecule has 0 aliphatic carbocycles. The highest BCUT2D eigenvalue weighted by Crippen LogP contribution is 2.02. The predicted octanol–water partition coefficient (Wildman–Crippen LogP) is -0.315. The van der Waals surface area contributed by atoms with Gasteiger partial charge in [-0.25, -0.2) is 13.1 Å². The number of carbonyl (C=O) groups excluding carboxylic acids is 1. The summed E-state index contributed by atoms with van der Waals surface area (Å²) in [6.07, 6.45) is 1.37. The van der Waals surface area contributed by atoms with E-state index in [1.165, 1.54) is 0 Å². The largest absolute Gasteiger partial charge is 0.481 e. The fourth-order valence-corrected chi connectivity index (χ4v) is 2.42. The SMILES string of the molecule is CC(C)(CNC(=O)CCCC(=O)O)NS(C)(=O)=O. The molecule has 0 radical (unpaired) electrons. The molecule has 0 aliphatic rings. The maximum atomic E-state index is 11.4. The Labute approximate surface area is 107 Å². The number of rotatable bonds is 8. The number of amides is 1. The first kappa shape index (κ1) is 16.9. The van der Waals surface area contributed by atoms with Crippen molar-refractivity contribution in [3.8, 4) is 0 Å². The van der Waals surface area contributed by atoms with Crippen LogP contribution in [0.15, 0.2) is 0 Å². The fraction of sp³-hybridized carbons (Fsp3) is 0.800. The quantitative estimate of drug-likeness (QED) is 0.564. The second-order valence-corrected chi connectivity index (χ2v) is 6.53. The van der Waals surface area contributed by atoms with Crippen molar-refractivity contribution in [1.82, 2.24) is 10.0 Å². The van der Waals surface area contributed by atoms with Gasteiger partial charge in [-0.3, -0.25) is 9.59 Å². The lowest BCUT2D eigenvalue weighted by molar-refractivity contribution is -0.137. The minimum Gasteiger partial charge on any atom is -0.481 e. The smallest absolute Gasteiger partial charge is 0.303 e. The van der Waals surface area contributed by atoms with Crippen LogP contribution in [0, 0.1) is 0 Å². The average molecular weight is 280 g/mol. The van der Waals surface area contributed by atoms with Gasteiger partial charge in [0.25, 0.3) is 0 Å². The van der Waals surface area contributed by atoms with Crippen molar-refractivity contribution in [1.29, 1.82) is 0 Å². The van der Waals surface area contributed by atoms with Gasteiger partial charge in [-0.15, -0.1) is 0 Å². The molecule has 8 heteroatoms. The lowest BCUT2D eigenvalue weighted by Crippen LogP contribution is -2.50. The number of carboxylic acids is 1. The molecule has 3 N–H and O–H groups in total. The zero-order valence-corrected chi connectivity index (χ0v) is 11.6. The molecule has 0 aromatic heterocycles. The van der Waals surface area contributed by atoms with Crippen LogP contribution in [0.5, 0.6) is 0 Å². The summed E-state index contributed by atoms with van der Waals surface area (Å²) in [5.41, 5.74) is -0.782. The normalized spacial score (nSPS) is 12.2. The fourth-order valence-electron chi connectivity index (χ4n) is 1.35. The molecule has 0 spiro atoms. The summed E-state index contributed by atoms with van der Waals surface area (Å²) in [5.74, 6) is -1.23. The standard InChI is InChI=1S/C10H20N2O5S/c1-10(2,12-18(3,16)17)7-11-8(13)5-4-6-9(14)15/h12H,4-7H2,1-3H3,(H,11,13)(H,14,15). The first-order valence-electron chi connectivity index (χ1n) is 5.49. The third kappa shape index (κ3) is 10.0. The summed E-state index contributed by atoms with van der Waals surface area (Å²) in [7, 11) is -3.34. The first-order valence-corrected chi connectivity index (χ1v) is 7.38. The van der Waals surface area contributed by atoms with Crippen molar-refractivity contribution in [2.45, 2.75) is 38.6 Å². The molecule has 0 aliphatic heterocycles. The van der Waals surface area contributed by atoms with Gasteiger partial charge < -0.3 is 10.4 Å². The predicted molar refractivity (Wildman–Crippen MR) is 66.6 cm³/mol. The minimum absolute atomic E-state index is 0.0571. The van der Waals surface area contributed by atoms with Crippen LogP contribution in [0.2, 0.25) is 0 Å². The van der Waals surface area contributed by atoms with Crippen molar-refractivity contribution in [3.05, 3.63) is 0 Å². The molecular weight excluding hydrogens is 260 g/mol. The van der Waals surface area contributed by atoms with E-state index in [2.05, 4.69) is 10.0 Å². The lowest BCUT2D eigenvalue weighted by Gasteiger charge is -2.25. The summed E-state index contributed by atoms with van der Waals surface area (Å²) in [6, 6.07) is 0. The molecule has 1 amide bonds. The lowest BCUT2D eigenvalue weighted by atomic mass is 10.1. The van der Waals surface area contributed by atoms with Crippen LogP contribution in [0.25, 0.3) is 0 Å². The van der Waals surface area contributed by atoms with Crippen molar-refractivity contribution in [2.75, 3.05) is 12.8 Å². The molecule has 0 heterocycles. The van der Waals surface area contributed by atoms with Crippen LogP contribution in [0.1, 0.15) is 33.1 Å². The third-order valence-corrected chi connectivity index (χ3v) is 2.91. The molecule has 0 fully saturated rings. The van der Waals surface area contributed by atoms with Gasteiger partial charge in [-0.05, 0) is 20.3 Å². The topological polar surface area (TPSA) is 113 Å². The van der Waals surface area contributed by atoms with Gasteiger partial charge in [-0.2, -0.15) is 0 Å². The Morgan fingerprint density at radius 2 is 1.78 bits per heavy atom. The highest BCUT2D eigenvalue weighted by atomic mass is 32.2. The van der Waals surface area contributed by atoms with E-state index in [4.69, 9.17) is 5.11 Å². The van der Waals surface area contributed by atoms with Crippen LogP contribution in [-0.2, 0) is 19.6 Å². The summed E-state index contributed by atoms with van der Waals surface area (Å²) in [5, 5.41) is 11.0. The highest BCUT2D eigenvalue weighted by molar-refractivity contribution is 7.88. The third-order valence-electron chi connectivity index (χ3n) is 1.98. The van der Waals surface area contributed by atoms with Gasteiger partial charge in [0.05, 0.1) is 6.26 Å². The summed E-state index contributed by atoms with van der Waals surface area (Å²) >= 11 is 0. The zero-order valence-electron chi connectivity index (χ0n) is 10.8. The Kier molecular flexibility index (Phi) is 6.27. The van der Waals surface area contributed by atoms with E-state index in [0.717, 1.165) is 6.26 Å². The van der Waals surface area contributed by atoms with Gasteiger partial charge in [0.15, 0.2) is 0 Å². The number of nitrogens with one attached hydrogen (secondary N) is 2. The van der Waals surface area contributed by atoms with Crippen LogP contribution >= 0.6 is 0 Å². The molecule has 0 saturated heterocycles. The Bertz CT molecular complexity index is 402. The maximum Gasteiger partial charge on any atom is 0.303 e. The number of sulfonamides is 1. The van der Waals surface area contributed by atoms with Gasteiger partial charge in [0.1, 0.15) is 0 Å². The Morgan fingerprint density at radius 3 is 2.22 bits per heavy atom. The van der Waals surface area contributed by atoms with Crippen molar-refractivity contribution in [2.24, 2.45) is 0 Å². The maximum absolute atomic E-state index is 11.4. The monoisotopic (exact) mass is 280 g/mol. The van der Waals surface area contributed by atoms with E-state index >= 15 is 0 Å². The number of hydrogen-bond donors (Lipinski definition) is 3. The molecule has 0 rings (SSSR count). The van der Waals surface area contributed by atoms with Crippen molar-refractivity contribution >= 4 is 21.9 Å². The van der Waals surface area contributed by atoms with Gasteiger partial charge in [0.2, 0.25) is 15.9 Å². The second kappa shape index (κ2) is 6.69. The minimum atomic E-state index is -3.34. The number of carboxylic acid groups (broad SMARTS) is 1. The second-order valence-electron chi connectivity index (χ2n) is 4.78. The van der Waals surface area contributed by atoms with Gasteiger partial charge in [0, 0.05) is 24.9 Å². The summed E-state index contributed by atoms with van der Waals surface area (Å²) in [4.78, 5) is 21.6. The molecule has 18 heavy (non-hydrogen) atoms. The number of hydrogen-bond acceptors (Lipinski definition) is 4. The van der Waals surface area contributed by atoms with Crippen molar-refractivity contribution < 1.29 is 23.1 Å². The molecule has 0 atom stereocenters. The van der Waals surface area contributed by atoms with E-state index in [-0.39, 0.29) is 31.7 Å². The molecular formula is C10H20N2O5S. The average Bonchev–Trinajstić information content (AvgIpc) is 2.10. The van der Waals surface area contributed by atoms with E-state index < -0.39 is 21.5 Å². The van der Waals surface area contributed by atoms with Crippen LogP contribution in [0.4, 0.5) is 0 Å². The molecule has 7 nitrogen and oxygen atoms in total. The Balaban J connectivity index is 4.00. The number of carbonyl (C=O) groups is 2. The van der Waals surface area contributed by atoms with Crippen LogP contribution in [-0.4, -0.2) is 43.7 Å². The van der Waals surface area contributed by atoms with E-state index in [1.807, 2.05) is 0 Å². The Hall–Kier alpha value is -1.15. The van der Waals surface area contributed by atoms with Crippen LogP contribution < -0.4 is 10.0 Å². The summed E-state index contributed by atoms with van der Waals surface area (Å²) < 4.78 is 24.5. The van der Waals surface area contributed by atoms with E-state index in [9.17, 15) is 18.0 Å². The zero-order chi connectivity index (χ0) is 14.4. The molecule has 0 saturated carbocycles. The van der Waals surface area contributed by atoms with Crippen LogP contribution in [0.3, 0.4) is 0 Å². The molecule has 0 aromatic rings.